The molecular weight excluding hydrogens is 260 g/mol. The second-order valence-corrected chi connectivity index (χ2v) is 4.38. The zero-order valence-electron chi connectivity index (χ0n) is 9.56. The highest BCUT2D eigenvalue weighted by molar-refractivity contribution is 6.32. The third-order valence-corrected chi connectivity index (χ3v) is 2.92. The van der Waals surface area contributed by atoms with Crippen LogP contribution in [0.5, 0.6) is 11.5 Å². The molecule has 0 saturated carbocycles. The van der Waals surface area contributed by atoms with Crippen molar-refractivity contribution < 1.29 is 24.5 Å². The maximum Gasteiger partial charge on any atom is 0.303 e. The van der Waals surface area contributed by atoms with Crippen molar-refractivity contribution in [1.29, 1.82) is 0 Å². The van der Waals surface area contributed by atoms with E-state index in [1.807, 2.05) is 0 Å². The van der Waals surface area contributed by atoms with Crippen LogP contribution in [0.2, 0.25) is 5.02 Å². The van der Waals surface area contributed by atoms with Crippen LogP contribution in [-0.4, -0.2) is 29.4 Å². The zero-order chi connectivity index (χ0) is 13.1. The van der Waals surface area contributed by atoms with Crippen LogP contribution in [-0.2, 0) is 4.79 Å². The first-order valence-electron chi connectivity index (χ1n) is 5.57. The lowest BCUT2D eigenvalue weighted by Gasteiger charge is -2.21. The molecular formula is C12H13ClO5. The van der Waals surface area contributed by atoms with Gasteiger partial charge in [0, 0.05) is 6.42 Å². The number of aliphatic hydroxyl groups is 1. The molecule has 1 aliphatic heterocycles. The standard InChI is InChI=1S/C12H13ClO5/c13-8-5-7(9(14)1-2-11(15)16)6-10-12(8)18-4-3-17-10/h5-6,9,14H,1-4H2,(H,15,16). The summed E-state index contributed by atoms with van der Waals surface area (Å²) >= 11 is 6.02. The molecule has 1 unspecified atom stereocenters. The van der Waals surface area contributed by atoms with Gasteiger partial charge in [0.05, 0.1) is 11.1 Å². The number of aliphatic hydroxyl groups excluding tert-OH is 1. The molecule has 0 aliphatic carbocycles. The van der Waals surface area contributed by atoms with E-state index in [0.717, 1.165) is 0 Å². The molecule has 2 rings (SSSR count). The average molecular weight is 273 g/mol. The van der Waals surface area contributed by atoms with Crippen molar-refractivity contribution in [2.45, 2.75) is 18.9 Å². The van der Waals surface area contributed by atoms with Gasteiger partial charge in [-0.05, 0) is 24.1 Å². The summed E-state index contributed by atoms with van der Waals surface area (Å²) in [6.07, 6.45) is -0.854. The number of carboxylic acids is 1. The highest BCUT2D eigenvalue weighted by Gasteiger charge is 2.19. The van der Waals surface area contributed by atoms with Gasteiger partial charge in [0.15, 0.2) is 11.5 Å². The van der Waals surface area contributed by atoms with E-state index in [-0.39, 0.29) is 12.8 Å². The summed E-state index contributed by atoms with van der Waals surface area (Å²) in [5, 5.41) is 18.8. The van der Waals surface area contributed by atoms with Gasteiger partial charge in [-0.2, -0.15) is 0 Å². The number of rotatable bonds is 4. The predicted octanol–water partition coefficient (Wildman–Crippen LogP) is 2.01. The predicted molar refractivity (Wildman–Crippen MR) is 64.3 cm³/mol. The Labute approximate surface area is 109 Å². The van der Waals surface area contributed by atoms with Crippen LogP contribution in [0, 0.1) is 0 Å². The molecule has 0 radical (unpaired) electrons. The topological polar surface area (TPSA) is 76.0 Å². The molecule has 6 heteroatoms. The number of halogens is 1. The summed E-state index contributed by atoms with van der Waals surface area (Å²) in [5.74, 6) is 0.00733. The highest BCUT2D eigenvalue weighted by Crippen LogP contribution is 2.40. The summed E-state index contributed by atoms with van der Waals surface area (Å²) < 4.78 is 10.7. The lowest BCUT2D eigenvalue weighted by Crippen LogP contribution is -2.16. The number of ether oxygens (including phenoxy) is 2. The fourth-order valence-electron chi connectivity index (χ4n) is 1.75. The molecule has 0 amide bonds. The van der Waals surface area contributed by atoms with Crippen molar-refractivity contribution in [3.8, 4) is 11.5 Å². The number of benzene rings is 1. The molecule has 1 atom stereocenters. The third-order valence-electron chi connectivity index (χ3n) is 2.64. The fourth-order valence-corrected chi connectivity index (χ4v) is 2.02. The lowest BCUT2D eigenvalue weighted by molar-refractivity contribution is -0.137. The SMILES string of the molecule is O=C(O)CCC(O)c1cc(Cl)c2c(c1)OCCO2. The second kappa shape index (κ2) is 5.46. The Kier molecular flexibility index (Phi) is 3.93. The van der Waals surface area contributed by atoms with E-state index in [4.69, 9.17) is 26.2 Å². The number of carbonyl (C=O) groups is 1. The molecule has 1 aromatic carbocycles. The highest BCUT2D eigenvalue weighted by atomic mass is 35.5. The van der Waals surface area contributed by atoms with E-state index in [1.54, 1.807) is 12.1 Å². The first-order chi connectivity index (χ1) is 8.58. The molecule has 0 saturated heterocycles. The maximum atomic E-state index is 10.5. The van der Waals surface area contributed by atoms with Gasteiger partial charge < -0.3 is 19.7 Å². The van der Waals surface area contributed by atoms with Gasteiger partial charge >= 0.3 is 5.97 Å². The number of fused-ring (bicyclic) bond motifs is 1. The third kappa shape index (κ3) is 2.86. The zero-order valence-corrected chi connectivity index (χ0v) is 10.3. The van der Waals surface area contributed by atoms with Crippen LogP contribution >= 0.6 is 11.6 Å². The first-order valence-corrected chi connectivity index (χ1v) is 5.94. The van der Waals surface area contributed by atoms with Crippen LogP contribution in [0.4, 0.5) is 0 Å². The van der Waals surface area contributed by atoms with Crippen molar-refractivity contribution in [1.82, 2.24) is 0 Å². The summed E-state index contributed by atoms with van der Waals surface area (Å²) in [6.45, 7) is 0.867. The number of hydrogen-bond acceptors (Lipinski definition) is 4. The number of carboxylic acid groups (broad SMARTS) is 1. The molecule has 5 nitrogen and oxygen atoms in total. The van der Waals surface area contributed by atoms with Gasteiger partial charge in [-0.15, -0.1) is 0 Å². The molecule has 0 bridgehead atoms. The fraction of sp³-hybridized carbons (Fsp3) is 0.417. The van der Waals surface area contributed by atoms with E-state index < -0.39 is 12.1 Å². The minimum atomic E-state index is -0.947. The lowest BCUT2D eigenvalue weighted by atomic mass is 10.0. The van der Waals surface area contributed by atoms with Crippen LogP contribution in [0.1, 0.15) is 24.5 Å². The van der Waals surface area contributed by atoms with Crippen molar-refractivity contribution >= 4 is 17.6 Å². The Morgan fingerprint density at radius 1 is 1.39 bits per heavy atom. The molecule has 98 valence electrons. The van der Waals surface area contributed by atoms with Crippen molar-refractivity contribution in [2.24, 2.45) is 0 Å². The van der Waals surface area contributed by atoms with Crippen LogP contribution in [0.15, 0.2) is 12.1 Å². The van der Waals surface area contributed by atoms with Crippen molar-refractivity contribution in [3.05, 3.63) is 22.7 Å². The Hall–Kier alpha value is -1.46. The smallest absolute Gasteiger partial charge is 0.303 e. The van der Waals surface area contributed by atoms with E-state index >= 15 is 0 Å². The van der Waals surface area contributed by atoms with Gasteiger partial charge in [0.2, 0.25) is 0 Å². The van der Waals surface area contributed by atoms with Gasteiger partial charge in [0.25, 0.3) is 0 Å². The van der Waals surface area contributed by atoms with Gasteiger partial charge in [-0.25, -0.2) is 0 Å². The number of hydrogen-bond donors (Lipinski definition) is 2. The molecule has 0 aromatic heterocycles. The Bertz CT molecular complexity index is 460. The largest absolute Gasteiger partial charge is 0.486 e. The molecule has 1 aliphatic rings. The summed E-state index contributed by atoms with van der Waals surface area (Å²) in [5.41, 5.74) is 0.533. The van der Waals surface area contributed by atoms with E-state index in [2.05, 4.69) is 0 Å². The van der Waals surface area contributed by atoms with Crippen LogP contribution < -0.4 is 9.47 Å². The summed E-state index contributed by atoms with van der Waals surface area (Å²) in [4.78, 5) is 10.5. The Morgan fingerprint density at radius 2 is 2.11 bits per heavy atom. The first kappa shape index (κ1) is 13.0. The summed E-state index contributed by atoms with van der Waals surface area (Å²) in [7, 11) is 0. The Balaban J connectivity index is 2.18. The van der Waals surface area contributed by atoms with Crippen LogP contribution in [0.3, 0.4) is 0 Å². The second-order valence-electron chi connectivity index (χ2n) is 3.98. The maximum absolute atomic E-state index is 10.5. The quantitative estimate of drug-likeness (QED) is 0.877. The Morgan fingerprint density at radius 3 is 2.83 bits per heavy atom. The molecule has 1 heterocycles. The van der Waals surface area contributed by atoms with Crippen molar-refractivity contribution in [3.63, 3.8) is 0 Å². The van der Waals surface area contributed by atoms with Gasteiger partial charge in [-0.3, -0.25) is 4.79 Å². The van der Waals surface area contributed by atoms with E-state index in [1.165, 1.54) is 0 Å². The minimum Gasteiger partial charge on any atom is -0.486 e. The van der Waals surface area contributed by atoms with Gasteiger partial charge in [-0.1, -0.05) is 11.6 Å². The molecule has 0 fully saturated rings. The normalized spacial score (nSPS) is 15.2. The number of aliphatic carboxylic acids is 1. The average Bonchev–Trinajstić information content (AvgIpc) is 2.36. The minimum absolute atomic E-state index is 0.104. The molecule has 0 spiro atoms. The van der Waals surface area contributed by atoms with E-state index in [9.17, 15) is 9.90 Å². The van der Waals surface area contributed by atoms with Gasteiger partial charge in [0.1, 0.15) is 13.2 Å². The van der Waals surface area contributed by atoms with E-state index in [0.29, 0.717) is 35.3 Å². The molecule has 1 aromatic rings. The molecule has 18 heavy (non-hydrogen) atoms. The monoisotopic (exact) mass is 272 g/mol. The van der Waals surface area contributed by atoms with Crippen LogP contribution in [0.25, 0.3) is 0 Å². The molecule has 2 N–H and O–H groups in total. The summed E-state index contributed by atoms with van der Waals surface area (Å²) in [6, 6.07) is 3.20. The van der Waals surface area contributed by atoms with Crippen molar-refractivity contribution in [2.75, 3.05) is 13.2 Å².